The number of carbonyl (C=O) groups excluding carboxylic acids is 1. The van der Waals surface area contributed by atoms with Crippen molar-refractivity contribution in [1.29, 1.82) is 0 Å². The SMILES string of the molecule is COC(=O)c1ccc2c(c1)Sc1ccccc1C2=C1CC2CCC(C1)N2. The Hall–Kier alpha value is -2.04. The van der Waals surface area contributed by atoms with Gasteiger partial charge in [0.15, 0.2) is 0 Å². The lowest BCUT2D eigenvalue weighted by Crippen LogP contribution is -2.35. The van der Waals surface area contributed by atoms with E-state index in [0.717, 1.165) is 17.7 Å². The highest BCUT2D eigenvalue weighted by Gasteiger charge is 2.34. The minimum atomic E-state index is -0.277. The summed E-state index contributed by atoms with van der Waals surface area (Å²) in [5.41, 5.74) is 6.18. The number of methoxy groups -OCH3 is 1. The molecule has 0 aromatic heterocycles. The molecule has 2 aromatic carbocycles. The van der Waals surface area contributed by atoms with Gasteiger partial charge in [0.2, 0.25) is 0 Å². The predicted octanol–water partition coefficient (Wildman–Crippen LogP) is 4.65. The molecule has 3 aliphatic rings. The van der Waals surface area contributed by atoms with E-state index in [1.807, 2.05) is 12.1 Å². The van der Waals surface area contributed by atoms with E-state index >= 15 is 0 Å². The number of esters is 1. The van der Waals surface area contributed by atoms with Crippen LogP contribution in [0.2, 0.25) is 0 Å². The van der Waals surface area contributed by atoms with Gasteiger partial charge in [0.1, 0.15) is 0 Å². The van der Waals surface area contributed by atoms with Gasteiger partial charge in [-0.2, -0.15) is 0 Å². The third-order valence-electron chi connectivity index (χ3n) is 5.72. The average molecular weight is 363 g/mol. The number of fused-ring (bicyclic) bond motifs is 4. The number of piperidine rings is 1. The van der Waals surface area contributed by atoms with Crippen LogP contribution in [0, 0.1) is 0 Å². The fourth-order valence-corrected chi connectivity index (χ4v) is 5.70. The molecule has 2 bridgehead atoms. The summed E-state index contributed by atoms with van der Waals surface area (Å²) in [6, 6.07) is 15.9. The highest BCUT2D eigenvalue weighted by Crippen LogP contribution is 2.49. The Bertz CT molecular complexity index is 919. The van der Waals surface area contributed by atoms with Gasteiger partial charge in [0, 0.05) is 21.9 Å². The summed E-state index contributed by atoms with van der Waals surface area (Å²) in [5, 5.41) is 3.74. The molecular weight excluding hydrogens is 342 g/mol. The van der Waals surface area contributed by atoms with Crippen molar-refractivity contribution < 1.29 is 9.53 Å². The minimum absolute atomic E-state index is 0.277. The van der Waals surface area contributed by atoms with Crippen molar-refractivity contribution in [2.45, 2.75) is 47.6 Å². The van der Waals surface area contributed by atoms with Gasteiger partial charge < -0.3 is 10.1 Å². The molecule has 2 saturated heterocycles. The molecule has 4 heteroatoms. The van der Waals surface area contributed by atoms with Crippen LogP contribution < -0.4 is 5.32 Å². The molecular formula is C22H21NO2S. The van der Waals surface area contributed by atoms with Gasteiger partial charge in [0.05, 0.1) is 12.7 Å². The normalized spacial score (nSPS) is 23.4. The maximum absolute atomic E-state index is 12.0. The number of rotatable bonds is 1. The van der Waals surface area contributed by atoms with Crippen molar-refractivity contribution in [1.82, 2.24) is 5.32 Å². The monoisotopic (exact) mass is 363 g/mol. The first-order chi connectivity index (χ1) is 12.7. The van der Waals surface area contributed by atoms with Crippen molar-refractivity contribution in [3.63, 3.8) is 0 Å². The molecule has 0 radical (unpaired) electrons. The molecule has 26 heavy (non-hydrogen) atoms. The lowest BCUT2D eigenvalue weighted by Gasteiger charge is -2.30. The lowest BCUT2D eigenvalue weighted by molar-refractivity contribution is 0.0600. The van der Waals surface area contributed by atoms with E-state index in [1.165, 1.54) is 41.5 Å². The number of carbonyl (C=O) groups is 1. The van der Waals surface area contributed by atoms with Crippen LogP contribution in [0.15, 0.2) is 57.8 Å². The van der Waals surface area contributed by atoms with Gasteiger partial charge in [0.25, 0.3) is 0 Å². The molecule has 3 aliphatic heterocycles. The fourth-order valence-electron chi connectivity index (χ4n) is 4.57. The number of benzene rings is 2. The van der Waals surface area contributed by atoms with Crippen LogP contribution in [0.5, 0.6) is 0 Å². The first-order valence-electron chi connectivity index (χ1n) is 9.21. The Morgan fingerprint density at radius 2 is 1.77 bits per heavy atom. The van der Waals surface area contributed by atoms with E-state index in [1.54, 1.807) is 17.3 Å². The van der Waals surface area contributed by atoms with Gasteiger partial charge in [-0.3, -0.25) is 0 Å². The summed E-state index contributed by atoms with van der Waals surface area (Å²) in [7, 11) is 1.43. The van der Waals surface area contributed by atoms with Crippen LogP contribution in [0.3, 0.4) is 0 Å². The molecule has 2 unspecified atom stereocenters. The van der Waals surface area contributed by atoms with Gasteiger partial charge in [-0.15, -0.1) is 0 Å². The summed E-state index contributed by atoms with van der Waals surface area (Å²) in [5.74, 6) is -0.277. The molecule has 2 atom stereocenters. The topological polar surface area (TPSA) is 38.3 Å². The number of hydrogen-bond acceptors (Lipinski definition) is 4. The number of hydrogen-bond donors (Lipinski definition) is 1. The van der Waals surface area contributed by atoms with Crippen molar-refractivity contribution >= 4 is 23.3 Å². The Balaban J connectivity index is 1.69. The van der Waals surface area contributed by atoms with Crippen molar-refractivity contribution in [3.8, 4) is 0 Å². The molecule has 0 spiro atoms. The molecule has 5 rings (SSSR count). The molecule has 3 heterocycles. The molecule has 1 N–H and O–H groups in total. The maximum Gasteiger partial charge on any atom is 0.337 e. The van der Waals surface area contributed by atoms with Crippen LogP contribution >= 0.6 is 11.8 Å². The van der Waals surface area contributed by atoms with E-state index in [4.69, 9.17) is 4.74 Å². The fraction of sp³-hybridized carbons (Fsp3) is 0.318. The van der Waals surface area contributed by atoms with Crippen LogP contribution in [-0.4, -0.2) is 25.2 Å². The van der Waals surface area contributed by atoms with Crippen molar-refractivity contribution in [2.75, 3.05) is 7.11 Å². The summed E-state index contributed by atoms with van der Waals surface area (Å²) >= 11 is 1.75. The van der Waals surface area contributed by atoms with Gasteiger partial charge in [-0.05, 0) is 60.6 Å². The Kier molecular flexibility index (Phi) is 3.91. The zero-order chi connectivity index (χ0) is 17.7. The van der Waals surface area contributed by atoms with Crippen LogP contribution in [0.25, 0.3) is 5.57 Å². The molecule has 3 nitrogen and oxygen atoms in total. The summed E-state index contributed by atoms with van der Waals surface area (Å²) in [4.78, 5) is 14.4. The van der Waals surface area contributed by atoms with E-state index in [9.17, 15) is 4.79 Å². The first kappa shape index (κ1) is 16.2. The Labute approximate surface area is 157 Å². The van der Waals surface area contributed by atoms with Crippen molar-refractivity contribution in [3.05, 3.63) is 64.7 Å². The molecule has 0 saturated carbocycles. The minimum Gasteiger partial charge on any atom is -0.465 e. The number of nitrogens with one attached hydrogen (secondary N) is 1. The summed E-state index contributed by atoms with van der Waals surface area (Å²) in [6.07, 6.45) is 4.82. The second kappa shape index (κ2) is 6.29. The van der Waals surface area contributed by atoms with Gasteiger partial charge >= 0.3 is 5.97 Å². The maximum atomic E-state index is 12.0. The summed E-state index contributed by atoms with van der Waals surface area (Å²) in [6.45, 7) is 0. The highest BCUT2D eigenvalue weighted by molar-refractivity contribution is 7.99. The first-order valence-corrected chi connectivity index (χ1v) is 10.0. The van der Waals surface area contributed by atoms with Crippen LogP contribution in [0.4, 0.5) is 0 Å². The van der Waals surface area contributed by atoms with E-state index in [2.05, 4.69) is 35.6 Å². The van der Waals surface area contributed by atoms with Gasteiger partial charge in [-0.1, -0.05) is 41.6 Å². The van der Waals surface area contributed by atoms with E-state index < -0.39 is 0 Å². The molecule has 2 fully saturated rings. The standard InChI is InChI=1S/C22H21NO2S/c1-25-22(24)13-6-9-18-20(12-13)26-19-5-3-2-4-17(19)21(18)14-10-15-7-8-16(11-14)23-15/h2-6,9,12,15-16,23H,7-8,10-11H2,1H3. The Morgan fingerprint density at radius 3 is 2.54 bits per heavy atom. The van der Waals surface area contributed by atoms with Crippen molar-refractivity contribution in [2.24, 2.45) is 0 Å². The van der Waals surface area contributed by atoms with E-state index in [-0.39, 0.29) is 5.97 Å². The second-order valence-corrected chi connectivity index (χ2v) is 8.41. The molecule has 132 valence electrons. The second-order valence-electron chi connectivity index (χ2n) is 7.33. The lowest BCUT2D eigenvalue weighted by atomic mass is 9.86. The Morgan fingerprint density at radius 1 is 1.04 bits per heavy atom. The number of ether oxygens (including phenoxy) is 1. The van der Waals surface area contributed by atoms with Crippen LogP contribution in [0.1, 0.15) is 47.2 Å². The predicted molar refractivity (Wildman–Crippen MR) is 104 cm³/mol. The summed E-state index contributed by atoms with van der Waals surface area (Å²) < 4.78 is 4.91. The molecule has 2 aromatic rings. The van der Waals surface area contributed by atoms with Crippen LogP contribution in [-0.2, 0) is 4.74 Å². The largest absolute Gasteiger partial charge is 0.465 e. The zero-order valence-electron chi connectivity index (χ0n) is 14.7. The average Bonchev–Trinajstić information content (AvgIpc) is 3.02. The molecule has 0 aliphatic carbocycles. The van der Waals surface area contributed by atoms with E-state index in [0.29, 0.717) is 17.6 Å². The zero-order valence-corrected chi connectivity index (χ0v) is 15.6. The van der Waals surface area contributed by atoms with Gasteiger partial charge in [-0.25, -0.2) is 4.79 Å². The smallest absolute Gasteiger partial charge is 0.337 e. The highest BCUT2D eigenvalue weighted by atomic mass is 32.2. The quantitative estimate of drug-likeness (QED) is 0.639. The molecule has 0 amide bonds. The third kappa shape index (κ3) is 2.60. The third-order valence-corrected chi connectivity index (χ3v) is 6.86.